The van der Waals surface area contributed by atoms with E-state index in [1.54, 1.807) is 0 Å². The van der Waals surface area contributed by atoms with Crippen molar-refractivity contribution >= 4 is 0 Å². The van der Waals surface area contributed by atoms with Crippen LogP contribution in [0.1, 0.15) is 47.0 Å². The Labute approximate surface area is 76.9 Å². The molecule has 1 fully saturated rings. The van der Waals surface area contributed by atoms with Crippen LogP contribution in [0.2, 0.25) is 0 Å². The molecule has 1 nitrogen and oxygen atoms in total. The third-order valence-corrected chi connectivity index (χ3v) is 3.45. The lowest BCUT2D eigenvalue weighted by Crippen LogP contribution is -2.64. The van der Waals surface area contributed by atoms with Gasteiger partial charge in [-0.15, -0.1) is 0 Å². The van der Waals surface area contributed by atoms with E-state index in [4.69, 9.17) is 0 Å². The molecule has 0 radical (unpaired) electrons. The molecule has 0 bridgehead atoms. The standard InChI is InChI=1S/C11H23N/c1-5-7-11(6-2)8-12-10(11)9(3)4/h9-10,12H,5-8H2,1-4H3. The highest BCUT2D eigenvalue weighted by Crippen LogP contribution is 2.41. The fraction of sp³-hybridized carbons (Fsp3) is 1.00. The fourth-order valence-electron chi connectivity index (χ4n) is 2.71. The van der Waals surface area contributed by atoms with Crippen LogP contribution in [-0.2, 0) is 0 Å². The van der Waals surface area contributed by atoms with Crippen molar-refractivity contribution < 1.29 is 0 Å². The molecule has 72 valence electrons. The SMILES string of the molecule is CCCC1(CC)CNC1C(C)C. The zero-order chi connectivity index (χ0) is 9.19. The van der Waals surface area contributed by atoms with E-state index in [9.17, 15) is 0 Å². The highest BCUT2D eigenvalue weighted by molar-refractivity contribution is 5.01. The van der Waals surface area contributed by atoms with E-state index in [0.29, 0.717) is 5.41 Å². The van der Waals surface area contributed by atoms with Gasteiger partial charge in [-0.2, -0.15) is 0 Å². The second kappa shape index (κ2) is 3.78. The average Bonchev–Trinajstić information content (AvgIpc) is 1.96. The van der Waals surface area contributed by atoms with Crippen LogP contribution in [0.4, 0.5) is 0 Å². The van der Waals surface area contributed by atoms with Gasteiger partial charge in [-0.3, -0.25) is 0 Å². The molecule has 1 heteroatoms. The Balaban J connectivity index is 2.55. The zero-order valence-electron chi connectivity index (χ0n) is 8.98. The lowest BCUT2D eigenvalue weighted by Gasteiger charge is -2.52. The summed E-state index contributed by atoms with van der Waals surface area (Å²) >= 11 is 0. The highest BCUT2D eigenvalue weighted by Gasteiger charge is 2.45. The molecule has 0 amide bonds. The minimum atomic E-state index is 0.642. The minimum absolute atomic E-state index is 0.642. The van der Waals surface area contributed by atoms with Gasteiger partial charge in [-0.1, -0.05) is 34.1 Å². The molecular weight excluding hydrogens is 146 g/mol. The van der Waals surface area contributed by atoms with Gasteiger partial charge in [0.2, 0.25) is 0 Å². The largest absolute Gasteiger partial charge is 0.313 e. The predicted octanol–water partition coefficient (Wildman–Crippen LogP) is 2.81. The van der Waals surface area contributed by atoms with E-state index in [2.05, 4.69) is 33.0 Å². The van der Waals surface area contributed by atoms with Gasteiger partial charge < -0.3 is 5.32 Å². The molecule has 0 saturated carbocycles. The molecule has 2 atom stereocenters. The van der Waals surface area contributed by atoms with Crippen LogP contribution in [0.25, 0.3) is 0 Å². The summed E-state index contributed by atoms with van der Waals surface area (Å²) in [6.45, 7) is 10.5. The van der Waals surface area contributed by atoms with Gasteiger partial charge in [0.15, 0.2) is 0 Å². The number of nitrogens with one attached hydrogen (secondary N) is 1. The molecule has 12 heavy (non-hydrogen) atoms. The molecule has 1 rings (SSSR count). The smallest absolute Gasteiger partial charge is 0.0159 e. The first-order valence-electron chi connectivity index (χ1n) is 5.39. The maximum Gasteiger partial charge on any atom is 0.0159 e. The third-order valence-electron chi connectivity index (χ3n) is 3.45. The first-order chi connectivity index (χ1) is 5.66. The van der Waals surface area contributed by atoms with Crippen molar-refractivity contribution in [2.45, 2.75) is 53.0 Å². The topological polar surface area (TPSA) is 12.0 Å². The molecule has 0 spiro atoms. The van der Waals surface area contributed by atoms with Crippen LogP contribution >= 0.6 is 0 Å². The molecule has 1 aliphatic heterocycles. The molecule has 1 aliphatic rings. The second-order valence-corrected chi connectivity index (χ2v) is 4.57. The van der Waals surface area contributed by atoms with E-state index in [-0.39, 0.29) is 0 Å². The first kappa shape index (κ1) is 10.0. The summed E-state index contributed by atoms with van der Waals surface area (Å²) in [7, 11) is 0. The van der Waals surface area contributed by atoms with Crippen molar-refractivity contribution in [2.75, 3.05) is 6.54 Å². The maximum absolute atomic E-state index is 3.57. The van der Waals surface area contributed by atoms with Gasteiger partial charge in [0.05, 0.1) is 0 Å². The Morgan fingerprint density at radius 1 is 1.42 bits per heavy atom. The van der Waals surface area contributed by atoms with Gasteiger partial charge in [0.25, 0.3) is 0 Å². The normalized spacial score (nSPS) is 35.2. The zero-order valence-corrected chi connectivity index (χ0v) is 8.98. The molecule has 0 aliphatic carbocycles. The Morgan fingerprint density at radius 2 is 2.08 bits per heavy atom. The average molecular weight is 169 g/mol. The minimum Gasteiger partial charge on any atom is -0.313 e. The van der Waals surface area contributed by atoms with E-state index in [1.807, 2.05) is 0 Å². The summed E-state index contributed by atoms with van der Waals surface area (Å²) in [5.74, 6) is 0.797. The van der Waals surface area contributed by atoms with Crippen molar-refractivity contribution in [3.8, 4) is 0 Å². The quantitative estimate of drug-likeness (QED) is 0.682. The van der Waals surface area contributed by atoms with Crippen LogP contribution in [0, 0.1) is 11.3 Å². The lowest BCUT2D eigenvalue weighted by atomic mass is 9.65. The van der Waals surface area contributed by atoms with Crippen LogP contribution < -0.4 is 5.32 Å². The Morgan fingerprint density at radius 3 is 2.33 bits per heavy atom. The number of hydrogen-bond donors (Lipinski definition) is 1. The molecule has 1 saturated heterocycles. The fourth-order valence-corrected chi connectivity index (χ4v) is 2.71. The van der Waals surface area contributed by atoms with Crippen LogP contribution in [-0.4, -0.2) is 12.6 Å². The molecule has 1 N–H and O–H groups in total. The Hall–Kier alpha value is -0.0400. The van der Waals surface area contributed by atoms with Gasteiger partial charge in [-0.25, -0.2) is 0 Å². The summed E-state index contributed by atoms with van der Waals surface area (Å²) in [6.07, 6.45) is 4.08. The predicted molar refractivity (Wildman–Crippen MR) is 54.3 cm³/mol. The molecular formula is C11H23N. The van der Waals surface area contributed by atoms with Crippen molar-refractivity contribution in [2.24, 2.45) is 11.3 Å². The van der Waals surface area contributed by atoms with E-state index in [0.717, 1.165) is 12.0 Å². The van der Waals surface area contributed by atoms with Gasteiger partial charge in [-0.05, 0) is 24.2 Å². The van der Waals surface area contributed by atoms with Gasteiger partial charge >= 0.3 is 0 Å². The van der Waals surface area contributed by atoms with Crippen molar-refractivity contribution in [1.82, 2.24) is 5.32 Å². The Bertz CT molecular complexity index is 138. The van der Waals surface area contributed by atoms with Crippen LogP contribution in [0.5, 0.6) is 0 Å². The van der Waals surface area contributed by atoms with Crippen LogP contribution in [0.3, 0.4) is 0 Å². The van der Waals surface area contributed by atoms with Crippen LogP contribution in [0.15, 0.2) is 0 Å². The Kier molecular flexibility index (Phi) is 3.16. The monoisotopic (exact) mass is 169 g/mol. The number of rotatable bonds is 4. The van der Waals surface area contributed by atoms with Crippen molar-refractivity contribution in [1.29, 1.82) is 0 Å². The summed E-state index contributed by atoms with van der Waals surface area (Å²) < 4.78 is 0. The van der Waals surface area contributed by atoms with E-state index in [1.165, 1.54) is 25.8 Å². The molecule has 1 heterocycles. The molecule has 0 aromatic rings. The summed E-state index contributed by atoms with van der Waals surface area (Å²) in [5, 5.41) is 3.57. The highest BCUT2D eigenvalue weighted by atomic mass is 15.0. The first-order valence-corrected chi connectivity index (χ1v) is 5.39. The molecule has 2 unspecified atom stereocenters. The van der Waals surface area contributed by atoms with Gasteiger partial charge in [0, 0.05) is 12.6 Å². The van der Waals surface area contributed by atoms with E-state index < -0.39 is 0 Å². The number of hydrogen-bond acceptors (Lipinski definition) is 1. The summed E-state index contributed by atoms with van der Waals surface area (Å²) in [6, 6.07) is 0.780. The maximum atomic E-state index is 3.57. The van der Waals surface area contributed by atoms with Gasteiger partial charge in [0.1, 0.15) is 0 Å². The lowest BCUT2D eigenvalue weighted by molar-refractivity contribution is 0.0344. The van der Waals surface area contributed by atoms with E-state index >= 15 is 0 Å². The summed E-state index contributed by atoms with van der Waals surface area (Å²) in [4.78, 5) is 0. The molecule has 0 aromatic heterocycles. The second-order valence-electron chi connectivity index (χ2n) is 4.57. The third kappa shape index (κ3) is 1.52. The molecule has 0 aromatic carbocycles. The van der Waals surface area contributed by atoms with Crippen molar-refractivity contribution in [3.63, 3.8) is 0 Å². The van der Waals surface area contributed by atoms with Crippen molar-refractivity contribution in [3.05, 3.63) is 0 Å². The summed E-state index contributed by atoms with van der Waals surface area (Å²) in [5.41, 5.74) is 0.642.